The summed E-state index contributed by atoms with van der Waals surface area (Å²) in [5.41, 5.74) is 3.39. The Hall–Kier alpha value is -3.07. The molecule has 1 fully saturated rings. The SMILES string of the molecule is CCOC(=O)c1[nH]c2cc(Cl)ccc2c1/C=N/NC(=O)C1CCN(C(=O)OC(C)(C)C)CC1. The van der Waals surface area contributed by atoms with E-state index in [0.29, 0.717) is 42.0 Å². The van der Waals surface area contributed by atoms with Crippen molar-refractivity contribution in [2.45, 2.75) is 46.1 Å². The number of hydrogen-bond acceptors (Lipinski definition) is 6. The van der Waals surface area contributed by atoms with Crippen LogP contribution in [0.1, 0.15) is 56.6 Å². The van der Waals surface area contributed by atoms with Crippen molar-refractivity contribution >= 4 is 46.7 Å². The predicted octanol–water partition coefficient (Wildman–Crippen LogP) is 4.10. The molecular formula is C23H29ClN4O5. The van der Waals surface area contributed by atoms with Gasteiger partial charge in [0.1, 0.15) is 11.3 Å². The van der Waals surface area contributed by atoms with Crippen molar-refractivity contribution in [3.05, 3.63) is 34.5 Å². The number of nitrogens with one attached hydrogen (secondary N) is 2. The summed E-state index contributed by atoms with van der Waals surface area (Å²) in [7, 11) is 0. The van der Waals surface area contributed by atoms with Crippen LogP contribution in [0, 0.1) is 5.92 Å². The number of carbonyl (C=O) groups is 3. The Balaban J connectivity index is 1.64. The molecule has 0 bridgehead atoms. The number of hydrogen-bond donors (Lipinski definition) is 2. The quantitative estimate of drug-likeness (QED) is 0.383. The minimum absolute atomic E-state index is 0.226. The van der Waals surface area contributed by atoms with E-state index in [1.165, 1.54) is 6.21 Å². The normalized spacial score (nSPS) is 15.1. The van der Waals surface area contributed by atoms with E-state index in [4.69, 9.17) is 21.1 Å². The van der Waals surface area contributed by atoms with Crippen LogP contribution in [0.2, 0.25) is 5.02 Å². The third kappa shape index (κ3) is 6.25. The molecule has 2 amide bonds. The van der Waals surface area contributed by atoms with Crippen molar-refractivity contribution in [3.63, 3.8) is 0 Å². The topological polar surface area (TPSA) is 113 Å². The largest absolute Gasteiger partial charge is 0.461 e. The number of amides is 2. The molecular weight excluding hydrogens is 448 g/mol. The predicted molar refractivity (Wildman–Crippen MR) is 126 cm³/mol. The highest BCUT2D eigenvalue weighted by atomic mass is 35.5. The van der Waals surface area contributed by atoms with Crippen LogP contribution < -0.4 is 5.43 Å². The summed E-state index contributed by atoms with van der Waals surface area (Å²) in [5, 5.41) is 5.33. The average Bonchev–Trinajstić information content (AvgIpc) is 3.10. The Bertz CT molecular complexity index is 1060. The number of aromatic nitrogens is 1. The summed E-state index contributed by atoms with van der Waals surface area (Å²) in [6.07, 6.45) is 2.08. The van der Waals surface area contributed by atoms with Crippen molar-refractivity contribution in [2.24, 2.45) is 11.0 Å². The van der Waals surface area contributed by atoms with E-state index in [0.717, 1.165) is 5.39 Å². The first-order valence-corrected chi connectivity index (χ1v) is 11.3. The maximum atomic E-state index is 12.6. The first-order valence-electron chi connectivity index (χ1n) is 10.9. The molecule has 1 aromatic carbocycles. The molecule has 33 heavy (non-hydrogen) atoms. The zero-order valence-corrected chi connectivity index (χ0v) is 20.0. The smallest absolute Gasteiger partial charge is 0.410 e. The van der Waals surface area contributed by atoms with Crippen molar-refractivity contribution in [2.75, 3.05) is 19.7 Å². The summed E-state index contributed by atoms with van der Waals surface area (Å²) in [6.45, 7) is 8.28. The van der Waals surface area contributed by atoms with E-state index in [9.17, 15) is 14.4 Å². The molecule has 1 saturated heterocycles. The number of rotatable bonds is 5. The minimum Gasteiger partial charge on any atom is -0.461 e. The molecule has 2 heterocycles. The number of nitrogens with zero attached hydrogens (tertiary/aromatic N) is 2. The number of halogens is 1. The number of esters is 1. The van der Waals surface area contributed by atoms with Gasteiger partial charge in [0.2, 0.25) is 5.91 Å². The molecule has 0 aliphatic carbocycles. The summed E-state index contributed by atoms with van der Waals surface area (Å²) in [4.78, 5) is 41.8. The zero-order chi connectivity index (χ0) is 24.2. The van der Waals surface area contributed by atoms with E-state index in [1.54, 1.807) is 30.0 Å². The van der Waals surface area contributed by atoms with Crippen LogP contribution >= 0.6 is 11.6 Å². The molecule has 2 N–H and O–H groups in total. The van der Waals surface area contributed by atoms with Crippen LogP contribution in [0.25, 0.3) is 10.9 Å². The third-order valence-electron chi connectivity index (χ3n) is 5.17. The van der Waals surface area contributed by atoms with E-state index in [1.807, 2.05) is 20.8 Å². The van der Waals surface area contributed by atoms with Crippen LogP contribution in [0.5, 0.6) is 0 Å². The van der Waals surface area contributed by atoms with Gasteiger partial charge in [-0.05, 0) is 52.7 Å². The van der Waals surface area contributed by atoms with E-state index >= 15 is 0 Å². The Morgan fingerprint density at radius 3 is 2.61 bits per heavy atom. The number of hydrazone groups is 1. The van der Waals surface area contributed by atoms with Gasteiger partial charge in [-0.15, -0.1) is 0 Å². The van der Waals surface area contributed by atoms with Crippen LogP contribution in [-0.2, 0) is 14.3 Å². The Morgan fingerprint density at radius 2 is 1.97 bits per heavy atom. The summed E-state index contributed by atoms with van der Waals surface area (Å²) < 4.78 is 10.5. The van der Waals surface area contributed by atoms with E-state index in [-0.39, 0.29) is 30.2 Å². The number of ether oxygens (including phenoxy) is 2. The van der Waals surface area contributed by atoms with Gasteiger partial charge in [0.15, 0.2) is 0 Å². The molecule has 0 radical (unpaired) electrons. The molecule has 9 nitrogen and oxygen atoms in total. The second-order valence-electron chi connectivity index (χ2n) is 8.80. The molecule has 0 atom stereocenters. The summed E-state index contributed by atoms with van der Waals surface area (Å²) in [6, 6.07) is 5.18. The molecule has 1 aliphatic rings. The van der Waals surface area contributed by atoms with Gasteiger partial charge in [0.05, 0.1) is 12.8 Å². The van der Waals surface area contributed by atoms with E-state index in [2.05, 4.69) is 15.5 Å². The van der Waals surface area contributed by atoms with Crippen molar-refractivity contribution < 1.29 is 23.9 Å². The van der Waals surface area contributed by atoms with Crippen LogP contribution in [0.15, 0.2) is 23.3 Å². The standard InChI is InChI=1S/C23H29ClN4O5/c1-5-32-21(30)19-17(16-7-6-15(24)12-18(16)26-19)13-25-27-20(29)14-8-10-28(11-9-14)22(31)33-23(2,3)4/h6-7,12-14,26H,5,8-11H2,1-4H3,(H,27,29)/b25-13+. The Kier molecular flexibility index (Phi) is 7.63. The van der Waals surface area contributed by atoms with Crippen LogP contribution in [-0.4, -0.2) is 59.4 Å². The van der Waals surface area contributed by atoms with Gasteiger partial charge < -0.3 is 19.4 Å². The lowest BCUT2D eigenvalue weighted by Gasteiger charge is -2.32. The lowest BCUT2D eigenvalue weighted by Crippen LogP contribution is -2.44. The number of aromatic amines is 1. The van der Waals surface area contributed by atoms with Gasteiger partial charge in [-0.3, -0.25) is 4.79 Å². The summed E-state index contributed by atoms with van der Waals surface area (Å²) >= 11 is 6.05. The maximum Gasteiger partial charge on any atom is 0.410 e. The number of fused-ring (bicyclic) bond motifs is 1. The third-order valence-corrected chi connectivity index (χ3v) is 5.40. The second-order valence-corrected chi connectivity index (χ2v) is 9.24. The summed E-state index contributed by atoms with van der Waals surface area (Å²) in [5.74, 6) is -1.03. The highest BCUT2D eigenvalue weighted by molar-refractivity contribution is 6.31. The minimum atomic E-state index is -0.559. The molecule has 2 aromatic rings. The van der Waals surface area contributed by atoms with Crippen molar-refractivity contribution in [1.82, 2.24) is 15.3 Å². The monoisotopic (exact) mass is 476 g/mol. The number of H-pyrrole nitrogens is 1. The zero-order valence-electron chi connectivity index (χ0n) is 19.2. The van der Waals surface area contributed by atoms with E-state index < -0.39 is 11.6 Å². The van der Waals surface area contributed by atoms with Gasteiger partial charge in [-0.1, -0.05) is 17.7 Å². The molecule has 1 aliphatic heterocycles. The molecule has 0 saturated carbocycles. The fraction of sp³-hybridized carbons (Fsp3) is 0.478. The van der Waals surface area contributed by atoms with Gasteiger partial charge in [0.25, 0.3) is 0 Å². The molecule has 3 rings (SSSR count). The van der Waals surface area contributed by atoms with Gasteiger partial charge in [0, 0.05) is 40.5 Å². The number of piperidine rings is 1. The fourth-order valence-corrected chi connectivity index (χ4v) is 3.76. The van der Waals surface area contributed by atoms with Crippen LogP contribution in [0.4, 0.5) is 4.79 Å². The van der Waals surface area contributed by atoms with Crippen molar-refractivity contribution in [1.29, 1.82) is 0 Å². The molecule has 1 aromatic heterocycles. The Morgan fingerprint density at radius 1 is 1.27 bits per heavy atom. The average molecular weight is 477 g/mol. The number of carbonyl (C=O) groups excluding carboxylic acids is 3. The lowest BCUT2D eigenvalue weighted by molar-refractivity contribution is -0.126. The second kappa shape index (κ2) is 10.2. The Labute approximate surface area is 197 Å². The molecule has 10 heteroatoms. The van der Waals surface area contributed by atoms with Gasteiger partial charge in [-0.25, -0.2) is 15.0 Å². The van der Waals surface area contributed by atoms with Gasteiger partial charge >= 0.3 is 12.1 Å². The van der Waals surface area contributed by atoms with Crippen LogP contribution in [0.3, 0.4) is 0 Å². The number of likely N-dealkylation sites (tertiary alicyclic amines) is 1. The fourth-order valence-electron chi connectivity index (χ4n) is 3.59. The molecule has 178 valence electrons. The maximum absolute atomic E-state index is 12.6. The first kappa shape index (κ1) is 24.6. The van der Waals surface area contributed by atoms with Crippen molar-refractivity contribution in [3.8, 4) is 0 Å². The van der Waals surface area contributed by atoms with Gasteiger partial charge in [-0.2, -0.15) is 5.10 Å². The lowest BCUT2D eigenvalue weighted by atomic mass is 9.96. The first-order chi connectivity index (χ1) is 15.6. The molecule has 0 spiro atoms. The highest BCUT2D eigenvalue weighted by Gasteiger charge is 2.30. The highest BCUT2D eigenvalue weighted by Crippen LogP contribution is 2.25. The number of benzene rings is 1. The molecule has 0 unspecified atom stereocenters.